The molecule has 4 saturated carbocycles. The molecule has 0 aromatic heterocycles. The number of carbonyl (C=O) groups is 1. The second-order valence-corrected chi connectivity index (χ2v) is 7.40. The van der Waals surface area contributed by atoms with Gasteiger partial charge in [0.15, 0.2) is 0 Å². The molecule has 0 saturated heterocycles. The number of nitrogens with one attached hydrogen (secondary N) is 1. The maximum absolute atomic E-state index is 12.2. The summed E-state index contributed by atoms with van der Waals surface area (Å²) in [6, 6.07) is 0. The van der Waals surface area contributed by atoms with E-state index in [1.165, 1.54) is 38.5 Å². The number of carbonyl (C=O) groups excluding carboxylic acids is 1. The number of hydrogen-bond donors (Lipinski definition) is 1. The van der Waals surface area contributed by atoms with Crippen molar-refractivity contribution in [2.24, 2.45) is 17.8 Å². The minimum absolute atomic E-state index is 0.0406. The molecule has 0 aromatic carbocycles. The van der Waals surface area contributed by atoms with Crippen molar-refractivity contribution < 1.29 is 19.0 Å². The van der Waals surface area contributed by atoms with Crippen LogP contribution in [0.1, 0.15) is 38.5 Å². The number of ether oxygens (including phenoxy) is 3. The summed E-state index contributed by atoms with van der Waals surface area (Å²) in [4.78, 5) is 12.2. The van der Waals surface area contributed by atoms with Crippen LogP contribution in [0.2, 0.25) is 0 Å². The zero-order chi connectivity index (χ0) is 15.4. The minimum Gasteiger partial charge on any atom is -0.382 e. The van der Waals surface area contributed by atoms with Crippen LogP contribution in [0.3, 0.4) is 0 Å². The van der Waals surface area contributed by atoms with Gasteiger partial charge in [-0.15, -0.1) is 0 Å². The fourth-order valence-corrected chi connectivity index (χ4v) is 5.12. The van der Waals surface area contributed by atoms with Crippen molar-refractivity contribution in [1.82, 2.24) is 5.32 Å². The fraction of sp³-hybridized carbons (Fsp3) is 0.941. The third-order valence-corrected chi connectivity index (χ3v) is 5.48. The molecule has 126 valence electrons. The molecule has 5 nitrogen and oxygen atoms in total. The van der Waals surface area contributed by atoms with E-state index < -0.39 is 0 Å². The highest BCUT2D eigenvalue weighted by atomic mass is 16.5. The Hall–Kier alpha value is -0.650. The van der Waals surface area contributed by atoms with E-state index in [4.69, 9.17) is 14.2 Å². The van der Waals surface area contributed by atoms with Crippen LogP contribution in [0.5, 0.6) is 0 Å². The van der Waals surface area contributed by atoms with E-state index in [0.717, 1.165) is 17.8 Å². The highest BCUT2D eigenvalue weighted by molar-refractivity contribution is 5.78. The zero-order valence-corrected chi connectivity index (χ0v) is 13.6. The summed E-state index contributed by atoms with van der Waals surface area (Å²) in [7, 11) is 1.65. The molecule has 4 fully saturated rings. The molecule has 4 bridgehead atoms. The van der Waals surface area contributed by atoms with Gasteiger partial charge in [0, 0.05) is 12.6 Å². The first-order valence-corrected chi connectivity index (χ1v) is 8.64. The van der Waals surface area contributed by atoms with Crippen LogP contribution in [0.25, 0.3) is 0 Å². The molecule has 22 heavy (non-hydrogen) atoms. The number of methoxy groups -OCH3 is 1. The molecule has 4 aliphatic rings. The maximum Gasteiger partial charge on any atom is 0.246 e. The summed E-state index contributed by atoms with van der Waals surface area (Å²) in [5.74, 6) is 2.59. The third kappa shape index (κ3) is 4.00. The highest BCUT2D eigenvalue weighted by Crippen LogP contribution is 2.55. The lowest BCUT2D eigenvalue weighted by Gasteiger charge is -2.56. The molecule has 4 aliphatic carbocycles. The van der Waals surface area contributed by atoms with Crippen molar-refractivity contribution in [3.8, 4) is 0 Å². The Balaban J connectivity index is 1.34. The van der Waals surface area contributed by atoms with Crippen molar-refractivity contribution in [1.29, 1.82) is 0 Å². The number of amides is 1. The Morgan fingerprint density at radius 3 is 2.09 bits per heavy atom. The van der Waals surface area contributed by atoms with Gasteiger partial charge in [-0.1, -0.05) is 0 Å². The van der Waals surface area contributed by atoms with Crippen LogP contribution in [-0.2, 0) is 19.0 Å². The van der Waals surface area contributed by atoms with Gasteiger partial charge in [0.2, 0.25) is 5.91 Å². The summed E-state index contributed by atoms with van der Waals surface area (Å²) in [5, 5.41) is 3.31. The van der Waals surface area contributed by atoms with Gasteiger partial charge in [0.25, 0.3) is 0 Å². The van der Waals surface area contributed by atoms with Crippen molar-refractivity contribution in [2.75, 3.05) is 40.1 Å². The third-order valence-electron chi connectivity index (χ3n) is 5.48. The van der Waals surface area contributed by atoms with Gasteiger partial charge in [-0.3, -0.25) is 4.79 Å². The largest absolute Gasteiger partial charge is 0.382 e. The summed E-state index contributed by atoms with van der Waals surface area (Å²) < 4.78 is 15.6. The van der Waals surface area contributed by atoms with E-state index in [1.807, 2.05) is 0 Å². The fourth-order valence-electron chi connectivity index (χ4n) is 5.12. The van der Waals surface area contributed by atoms with Gasteiger partial charge in [0.1, 0.15) is 6.61 Å². The molecule has 1 N–H and O–H groups in total. The van der Waals surface area contributed by atoms with Crippen LogP contribution >= 0.6 is 0 Å². The summed E-state index contributed by atoms with van der Waals surface area (Å²) in [5.41, 5.74) is 0.0875. The highest BCUT2D eigenvalue weighted by Gasteiger charge is 2.51. The topological polar surface area (TPSA) is 56.8 Å². The van der Waals surface area contributed by atoms with Gasteiger partial charge < -0.3 is 19.5 Å². The molecule has 0 spiro atoms. The van der Waals surface area contributed by atoms with Crippen LogP contribution < -0.4 is 5.32 Å². The van der Waals surface area contributed by atoms with Crippen LogP contribution in [0, 0.1) is 17.8 Å². The monoisotopic (exact) mass is 311 g/mol. The predicted octanol–water partition coefficient (Wildman–Crippen LogP) is 1.75. The van der Waals surface area contributed by atoms with Gasteiger partial charge >= 0.3 is 0 Å². The standard InChI is InChI=1S/C17H29NO4/c1-20-2-3-21-4-5-22-12-16(19)18-17-9-13-6-14(10-17)8-15(7-13)11-17/h13-15H,2-12H2,1H3,(H,18,19). The van der Waals surface area contributed by atoms with E-state index in [9.17, 15) is 4.79 Å². The molecule has 0 heterocycles. The smallest absolute Gasteiger partial charge is 0.246 e. The molecule has 0 aromatic rings. The Kier molecular flexibility index (Phi) is 5.37. The first-order valence-electron chi connectivity index (χ1n) is 8.64. The van der Waals surface area contributed by atoms with Crippen LogP contribution in [-0.4, -0.2) is 51.6 Å². The van der Waals surface area contributed by atoms with E-state index in [2.05, 4.69) is 5.32 Å². The summed E-state index contributed by atoms with van der Waals surface area (Å²) in [6.07, 6.45) is 7.74. The lowest BCUT2D eigenvalue weighted by Crippen LogP contribution is -2.60. The number of rotatable bonds is 9. The Morgan fingerprint density at radius 1 is 0.955 bits per heavy atom. The molecule has 0 atom stereocenters. The molecular weight excluding hydrogens is 282 g/mol. The van der Waals surface area contributed by atoms with E-state index >= 15 is 0 Å². The molecular formula is C17H29NO4. The quantitative estimate of drug-likeness (QED) is 0.659. The van der Waals surface area contributed by atoms with Gasteiger partial charge in [-0.25, -0.2) is 0 Å². The zero-order valence-electron chi connectivity index (χ0n) is 13.6. The van der Waals surface area contributed by atoms with Crippen LogP contribution in [0.4, 0.5) is 0 Å². The van der Waals surface area contributed by atoms with Gasteiger partial charge in [-0.05, 0) is 56.3 Å². The predicted molar refractivity (Wildman–Crippen MR) is 82.6 cm³/mol. The van der Waals surface area contributed by atoms with Gasteiger partial charge in [-0.2, -0.15) is 0 Å². The van der Waals surface area contributed by atoms with E-state index in [1.54, 1.807) is 7.11 Å². The molecule has 0 unspecified atom stereocenters. The number of hydrogen-bond acceptors (Lipinski definition) is 4. The minimum atomic E-state index is 0.0406. The molecule has 5 heteroatoms. The first kappa shape index (κ1) is 16.2. The van der Waals surface area contributed by atoms with Crippen LogP contribution in [0.15, 0.2) is 0 Å². The second kappa shape index (κ2) is 7.28. The normalized spacial score (nSPS) is 35.8. The van der Waals surface area contributed by atoms with Crippen molar-refractivity contribution in [3.63, 3.8) is 0 Å². The Morgan fingerprint density at radius 2 is 1.50 bits per heavy atom. The summed E-state index contributed by atoms with van der Waals surface area (Å²) >= 11 is 0. The van der Waals surface area contributed by atoms with E-state index in [0.29, 0.717) is 26.4 Å². The Labute approximate surface area is 133 Å². The summed E-state index contributed by atoms with van der Waals surface area (Å²) in [6.45, 7) is 2.27. The van der Waals surface area contributed by atoms with Crippen molar-refractivity contribution in [2.45, 2.75) is 44.1 Å². The SMILES string of the molecule is COCCOCCOCC(=O)NC12CC3CC(CC(C3)C1)C2. The van der Waals surface area contributed by atoms with Crippen molar-refractivity contribution >= 4 is 5.91 Å². The first-order chi connectivity index (χ1) is 10.7. The lowest BCUT2D eigenvalue weighted by molar-refractivity contribution is -0.132. The molecule has 0 radical (unpaired) electrons. The second-order valence-electron chi connectivity index (χ2n) is 7.40. The molecule has 1 amide bonds. The average Bonchev–Trinajstić information content (AvgIpc) is 2.44. The lowest BCUT2D eigenvalue weighted by atomic mass is 9.53. The van der Waals surface area contributed by atoms with E-state index in [-0.39, 0.29) is 18.1 Å². The van der Waals surface area contributed by atoms with Crippen molar-refractivity contribution in [3.05, 3.63) is 0 Å². The Bertz CT molecular complexity index is 350. The molecule has 4 rings (SSSR count). The average molecular weight is 311 g/mol. The van der Waals surface area contributed by atoms with Gasteiger partial charge in [0.05, 0.1) is 26.4 Å². The maximum atomic E-state index is 12.2. The molecule has 0 aliphatic heterocycles.